The number of nitrogens with two attached hydrogens (primary N) is 1. The van der Waals surface area contributed by atoms with E-state index in [2.05, 4.69) is 23.2 Å². The molecule has 0 saturated heterocycles. The summed E-state index contributed by atoms with van der Waals surface area (Å²) < 4.78 is 6.71. The molecule has 1 aromatic carbocycles. The fourth-order valence-electron chi connectivity index (χ4n) is 3.20. The molecule has 1 heterocycles. The maximum absolute atomic E-state index is 11.8. The molecule has 110 valence electrons. The van der Waals surface area contributed by atoms with Crippen LogP contribution in [0.1, 0.15) is 46.3 Å². The van der Waals surface area contributed by atoms with Crippen molar-refractivity contribution in [2.75, 3.05) is 12.8 Å². The fraction of sp³-hybridized carbons (Fsp3) is 0.375. The Bertz CT molecular complexity index is 691. The van der Waals surface area contributed by atoms with Crippen molar-refractivity contribution in [2.45, 2.75) is 32.2 Å². The fourth-order valence-corrected chi connectivity index (χ4v) is 3.20. The summed E-state index contributed by atoms with van der Waals surface area (Å²) in [7, 11) is 1.34. The number of carbonyl (C=O) groups excluding carboxylic acids is 1. The van der Waals surface area contributed by atoms with Crippen molar-refractivity contribution in [2.24, 2.45) is 0 Å². The third-order valence-corrected chi connectivity index (χ3v) is 4.15. The highest BCUT2D eigenvalue weighted by atomic mass is 16.5. The molecule has 2 N–H and O–H groups in total. The van der Waals surface area contributed by atoms with Crippen LogP contribution in [0, 0.1) is 6.92 Å². The van der Waals surface area contributed by atoms with Gasteiger partial charge in [0, 0.05) is 0 Å². The molecule has 0 spiro atoms. The summed E-state index contributed by atoms with van der Waals surface area (Å²) in [5.41, 5.74) is 8.99. The Morgan fingerprint density at radius 1 is 1.43 bits per heavy atom. The molecular weight excluding hydrogens is 266 g/mol. The number of benzene rings is 1. The molecule has 0 bridgehead atoms. The molecule has 0 radical (unpaired) electrons. The van der Waals surface area contributed by atoms with Crippen LogP contribution in [-0.4, -0.2) is 22.6 Å². The van der Waals surface area contributed by atoms with Gasteiger partial charge in [-0.25, -0.2) is 9.78 Å². The minimum atomic E-state index is -0.488. The number of carbonyl (C=O) groups is 1. The number of rotatable bonds is 2. The molecule has 5 heteroatoms. The number of hydrogen-bond donors (Lipinski definition) is 1. The SMILES string of the molecule is COC(=O)c1nc(C)n(C2CCCc3ccccc32)c1N. The van der Waals surface area contributed by atoms with Crippen molar-refractivity contribution in [3.63, 3.8) is 0 Å². The number of hydrogen-bond acceptors (Lipinski definition) is 4. The lowest BCUT2D eigenvalue weighted by atomic mass is 9.87. The summed E-state index contributed by atoms with van der Waals surface area (Å²) in [5.74, 6) is 0.647. The van der Waals surface area contributed by atoms with Crippen molar-refractivity contribution in [3.8, 4) is 0 Å². The first-order chi connectivity index (χ1) is 10.1. The van der Waals surface area contributed by atoms with Gasteiger partial charge in [-0.15, -0.1) is 0 Å². The second-order valence-corrected chi connectivity index (χ2v) is 5.36. The Morgan fingerprint density at radius 3 is 2.95 bits per heavy atom. The van der Waals surface area contributed by atoms with Crippen molar-refractivity contribution in [1.82, 2.24) is 9.55 Å². The van der Waals surface area contributed by atoms with Crippen molar-refractivity contribution < 1.29 is 9.53 Å². The van der Waals surface area contributed by atoms with E-state index in [9.17, 15) is 4.79 Å². The van der Waals surface area contributed by atoms with Gasteiger partial charge in [0.2, 0.25) is 0 Å². The minimum Gasteiger partial charge on any atom is -0.464 e. The van der Waals surface area contributed by atoms with Crippen LogP contribution in [0.5, 0.6) is 0 Å². The third-order valence-electron chi connectivity index (χ3n) is 4.15. The minimum absolute atomic E-state index is 0.140. The first kappa shape index (κ1) is 13.7. The molecule has 0 fully saturated rings. The summed E-state index contributed by atoms with van der Waals surface area (Å²) in [5, 5.41) is 0. The molecular formula is C16H19N3O2. The van der Waals surface area contributed by atoms with E-state index in [1.54, 1.807) is 0 Å². The summed E-state index contributed by atoms with van der Waals surface area (Å²) >= 11 is 0. The van der Waals surface area contributed by atoms with Gasteiger partial charge in [-0.1, -0.05) is 24.3 Å². The van der Waals surface area contributed by atoms with E-state index in [1.807, 2.05) is 17.6 Å². The van der Waals surface area contributed by atoms with Gasteiger partial charge in [0.1, 0.15) is 11.6 Å². The van der Waals surface area contributed by atoms with Crippen LogP contribution in [0.2, 0.25) is 0 Å². The smallest absolute Gasteiger partial charge is 0.360 e. The Balaban J connectivity index is 2.10. The van der Waals surface area contributed by atoms with E-state index >= 15 is 0 Å². The Kier molecular flexibility index (Phi) is 3.41. The van der Waals surface area contributed by atoms with Gasteiger partial charge in [-0.2, -0.15) is 0 Å². The number of ether oxygens (including phenoxy) is 1. The molecule has 1 unspecified atom stereocenters. The molecule has 2 aromatic rings. The zero-order chi connectivity index (χ0) is 15.0. The molecule has 1 aliphatic rings. The predicted molar refractivity (Wildman–Crippen MR) is 80.2 cm³/mol. The van der Waals surface area contributed by atoms with Crippen molar-refractivity contribution in [1.29, 1.82) is 0 Å². The van der Waals surface area contributed by atoms with Crippen LogP contribution in [0.4, 0.5) is 5.82 Å². The number of methoxy groups -OCH3 is 1. The molecule has 0 saturated carbocycles. The monoisotopic (exact) mass is 285 g/mol. The quantitative estimate of drug-likeness (QED) is 0.861. The van der Waals surface area contributed by atoms with Gasteiger partial charge in [-0.3, -0.25) is 0 Å². The summed E-state index contributed by atoms with van der Waals surface area (Å²) in [6.45, 7) is 1.88. The van der Waals surface area contributed by atoms with Gasteiger partial charge in [0.05, 0.1) is 13.2 Å². The normalized spacial score (nSPS) is 17.3. The average molecular weight is 285 g/mol. The molecule has 0 amide bonds. The average Bonchev–Trinajstić information content (AvgIpc) is 2.81. The number of nitrogens with zero attached hydrogens (tertiary/aromatic N) is 2. The van der Waals surface area contributed by atoms with Crippen LogP contribution in [0.15, 0.2) is 24.3 Å². The molecule has 1 atom stereocenters. The lowest BCUT2D eigenvalue weighted by Gasteiger charge is -2.28. The number of anilines is 1. The molecule has 21 heavy (non-hydrogen) atoms. The van der Waals surface area contributed by atoms with E-state index < -0.39 is 5.97 Å². The van der Waals surface area contributed by atoms with Crippen molar-refractivity contribution >= 4 is 11.8 Å². The highest BCUT2D eigenvalue weighted by Gasteiger charge is 2.27. The first-order valence-electron chi connectivity index (χ1n) is 7.14. The molecule has 1 aromatic heterocycles. The van der Waals surface area contributed by atoms with Gasteiger partial charge in [0.15, 0.2) is 5.69 Å². The summed E-state index contributed by atoms with van der Waals surface area (Å²) in [6, 6.07) is 8.54. The Labute approximate surface area is 123 Å². The van der Waals surface area contributed by atoms with Gasteiger partial charge >= 0.3 is 5.97 Å². The molecule has 5 nitrogen and oxygen atoms in total. The molecule has 3 rings (SSSR count). The maximum Gasteiger partial charge on any atom is 0.360 e. The summed E-state index contributed by atoms with van der Waals surface area (Å²) in [4.78, 5) is 16.0. The van der Waals surface area contributed by atoms with E-state index in [0.29, 0.717) is 5.82 Å². The van der Waals surface area contributed by atoms with Gasteiger partial charge in [0.25, 0.3) is 0 Å². The Hall–Kier alpha value is -2.30. The first-order valence-corrected chi connectivity index (χ1v) is 7.14. The number of fused-ring (bicyclic) bond motifs is 1. The van der Waals surface area contributed by atoms with Crippen LogP contribution in [-0.2, 0) is 11.2 Å². The number of nitrogen functional groups attached to an aromatic ring is 1. The maximum atomic E-state index is 11.8. The van der Waals surface area contributed by atoms with Crippen LogP contribution in [0.3, 0.4) is 0 Å². The van der Waals surface area contributed by atoms with Gasteiger partial charge in [-0.05, 0) is 37.3 Å². The number of aryl methyl sites for hydroxylation is 2. The zero-order valence-corrected chi connectivity index (χ0v) is 12.3. The highest BCUT2D eigenvalue weighted by molar-refractivity contribution is 5.92. The number of aromatic nitrogens is 2. The van der Waals surface area contributed by atoms with Gasteiger partial charge < -0.3 is 15.0 Å². The van der Waals surface area contributed by atoms with Crippen molar-refractivity contribution in [3.05, 3.63) is 46.9 Å². The van der Waals surface area contributed by atoms with E-state index in [-0.39, 0.29) is 11.7 Å². The predicted octanol–water partition coefficient (Wildman–Crippen LogP) is 2.49. The Morgan fingerprint density at radius 2 is 2.19 bits per heavy atom. The zero-order valence-electron chi connectivity index (χ0n) is 12.3. The highest BCUT2D eigenvalue weighted by Crippen LogP contribution is 2.35. The lowest BCUT2D eigenvalue weighted by molar-refractivity contribution is 0.0595. The molecule has 0 aliphatic heterocycles. The third kappa shape index (κ3) is 2.18. The number of imidazole rings is 1. The van der Waals surface area contributed by atoms with E-state index in [1.165, 1.54) is 18.2 Å². The second-order valence-electron chi connectivity index (χ2n) is 5.36. The van der Waals surface area contributed by atoms with Crippen LogP contribution in [0.25, 0.3) is 0 Å². The van der Waals surface area contributed by atoms with E-state index in [4.69, 9.17) is 10.5 Å². The topological polar surface area (TPSA) is 70.1 Å². The van der Waals surface area contributed by atoms with E-state index in [0.717, 1.165) is 25.1 Å². The van der Waals surface area contributed by atoms with Crippen LogP contribution >= 0.6 is 0 Å². The number of esters is 1. The summed E-state index contributed by atoms with van der Waals surface area (Å²) in [6.07, 6.45) is 3.19. The van der Waals surface area contributed by atoms with Crippen LogP contribution < -0.4 is 5.73 Å². The second kappa shape index (κ2) is 5.24. The molecule has 1 aliphatic carbocycles. The standard InChI is InChI=1S/C16H19N3O2/c1-10-18-14(16(20)21-2)15(17)19(10)13-9-5-7-11-6-3-4-8-12(11)13/h3-4,6,8,13H,5,7,9,17H2,1-2H3. The largest absolute Gasteiger partial charge is 0.464 e. The lowest BCUT2D eigenvalue weighted by Crippen LogP contribution is -2.20.